The molecule has 0 aliphatic heterocycles. The molecule has 5 heteroatoms. The number of nitrogens with zero attached hydrogens (tertiary/aromatic N) is 1. The van der Waals surface area contributed by atoms with Crippen LogP contribution in [0.25, 0.3) is 0 Å². The Morgan fingerprint density at radius 2 is 1.73 bits per heavy atom. The van der Waals surface area contributed by atoms with Crippen molar-refractivity contribution in [3.05, 3.63) is 0 Å². The Hall–Kier alpha value is -1.10. The van der Waals surface area contributed by atoms with Crippen molar-refractivity contribution in [2.24, 2.45) is 11.8 Å². The first-order valence-corrected chi connectivity index (χ1v) is 8.35. The van der Waals surface area contributed by atoms with Gasteiger partial charge in [0, 0.05) is 32.7 Å². The number of ether oxygens (including phenoxy) is 2. The Bertz CT molecular complexity index is 318. The number of hydrogen-bond acceptors (Lipinski definition) is 4. The van der Waals surface area contributed by atoms with Gasteiger partial charge in [0.1, 0.15) is 0 Å². The molecule has 0 bridgehead atoms. The molecule has 0 N–H and O–H groups in total. The lowest BCUT2D eigenvalue weighted by molar-refractivity contribution is -0.146. The zero-order chi connectivity index (χ0) is 17.0. The van der Waals surface area contributed by atoms with Crippen LogP contribution in [0.2, 0.25) is 0 Å². The van der Waals surface area contributed by atoms with Crippen LogP contribution in [-0.4, -0.2) is 50.2 Å². The maximum atomic E-state index is 12.3. The second-order valence-corrected chi connectivity index (χ2v) is 6.18. The normalized spacial score (nSPS) is 12.3. The molecular weight excluding hydrogens is 282 g/mol. The van der Waals surface area contributed by atoms with Gasteiger partial charge < -0.3 is 14.4 Å². The van der Waals surface area contributed by atoms with Gasteiger partial charge in [-0.2, -0.15) is 0 Å². The molecule has 1 amide bonds. The Morgan fingerprint density at radius 1 is 1.09 bits per heavy atom. The fraction of sp³-hybridized carbons (Fsp3) is 0.882. The summed E-state index contributed by atoms with van der Waals surface area (Å²) < 4.78 is 10.3. The molecule has 130 valence electrons. The Labute approximate surface area is 135 Å². The summed E-state index contributed by atoms with van der Waals surface area (Å²) in [6.07, 6.45) is 3.48. The third-order valence-electron chi connectivity index (χ3n) is 3.39. The summed E-state index contributed by atoms with van der Waals surface area (Å²) in [6, 6.07) is 0. The van der Waals surface area contributed by atoms with Crippen LogP contribution >= 0.6 is 0 Å². The summed E-state index contributed by atoms with van der Waals surface area (Å²) in [4.78, 5) is 25.6. The first-order chi connectivity index (χ1) is 10.4. The summed E-state index contributed by atoms with van der Waals surface area (Å²) in [5.41, 5.74) is 0. The highest BCUT2D eigenvalue weighted by molar-refractivity contribution is 5.78. The van der Waals surface area contributed by atoms with E-state index in [9.17, 15) is 9.59 Å². The van der Waals surface area contributed by atoms with Gasteiger partial charge in [0.25, 0.3) is 0 Å². The average molecular weight is 315 g/mol. The Morgan fingerprint density at radius 3 is 2.27 bits per heavy atom. The van der Waals surface area contributed by atoms with Crippen molar-refractivity contribution >= 4 is 11.9 Å². The number of unbranched alkanes of at least 4 members (excludes halogenated alkanes) is 1. The second-order valence-electron chi connectivity index (χ2n) is 6.18. The van der Waals surface area contributed by atoms with Crippen molar-refractivity contribution < 1.29 is 19.1 Å². The van der Waals surface area contributed by atoms with E-state index in [4.69, 9.17) is 9.47 Å². The molecule has 1 atom stereocenters. The molecule has 1 unspecified atom stereocenters. The van der Waals surface area contributed by atoms with E-state index in [0.717, 1.165) is 25.9 Å². The first kappa shape index (κ1) is 20.9. The minimum atomic E-state index is -0.304. The zero-order valence-corrected chi connectivity index (χ0v) is 14.9. The summed E-state index contributed by atoms with van der Waals surface area (Å²) in [6.45, 7) is 10.4. The first-order valence-electron chi connectivity index (χ1n) is 8.35. The monoisotopic (exact) mass is 315 g/mol. The predicted octanol–water partition coefficient (Wildman–Crippen LogP) is 2.88. The minimum absolute atomic E-state index is 0.0966. The number of hydrogen-bond donors (Lipinski definition) is 0. The van der Waals surface area contributed by atoms with E-state index in [1.54, 1.807) is 11.8 Å². The van der Waals surface area contributed by atoms with Crippen molar-refractivity contribution in [3.63, 3.8) is 0 Å². The van der Waals surface area contributed by atoms with Gasteiger partial charge in [-0.15, -0.1) is 0 Å². The maximum absolute atomic E-state index is 12.3. The van der Waals surface area contributed by atoms with Crippen LogP contribution in [0.5, 0.6) is 0 Å². The third kappa shape index (κ3) is 9.77. The van der Waals surface area contributed by atoms with E-state index in [1.165, 1.54) is 7.11 Å². The minimum Gasteiger partial charge on any atom is -0.469 e. The Kier molecular flexibility index (Phi) is 11.8. The van der Waals surface area contributed by atoms with Crippen LogP contribution in [0.4, 0.5) is 0 Å². The molecule has 0 aromatic rings. The van der Waals surface area contributed by atoms with Gasteiger partial charge >= 0.3 is 5.97 Å². The SMILES string of the molecule is CCCCOCCCN(CC(C)C(=O)OC)C(=O)CC(C)C. The standard InChI is InChI=1S/C17H33NO4/c1-6-7-10-22-11-8-9-18(16(19)12-14(2)3)13-15(4)17(20)21-5/h14-15H,6-13H2,1-5H3. The molecule has 0 saturated carbocycles. The number of esters is 1. The molecule has 0 aromatic heterocycles. The highest BCUT2D eigenvalue weighted by Crippen LogP contribution is 2.09. The number of carbonyl (C=O) groups is 2. The number of carbonyl (C=O) groups excluding carboxylic acids is 2. The van der Waals surface area contributed by atoms with Crippen LogP contribution in [0.3, 0.4) is 0 Å². The van der Waals surface area contributed by atoms with E-state index in [0.29, 0.717) is 32.0 Å². The zero-order valence-electron chi connectivity index (χ0n) is 14.9. The van der Waals surface area contributed by atoms with E-state index >= 15 is 0 Å². The molecule has 0 spiro atoms. The smallest absolute Gasteiger partial charge is 0.310 e. The number of methoxy groups -OCH3 is 1. The van der Waals surface area contributed by atoms with Gasteiger partial charge in [0.15, 0.2) is 0 Å². The van der Waals surface area contributed by atoms with Crippen molar-refractivity contribution in [3.8, 4) is 0 Å². The molecule has 0 aliphatic rings. The molecule has 0 radical (unpaired) electrons. The summed E-state index contributed by atoms with van der Waals surface area (Å²) in [5.74, 6) is -0.174. The van der Waals surface area contributed by atoms with Crippen molar-refractivity contribution in [1.82, 2.24) is 4.90 Å². The molecule has 0 saturated heterocycles. The topological polar surface area (TPSA) is 55.8 Å². The van der Waals surface area contributed by atoms with Crippen molar-refractivity contribution in [2.45, 2.75) is 53.4 Å². The lowest BCUT2D eigenvalue weighted by atomic mass is 10.1. The summed E-state index contributed by atoms with van der Waals surface area (Å²) >= 11 is 0. The summed E-state index contributed by atoms with van der Waals surface area (Å²) in [5, 5.41) is 0. The van der Waals surface area contributed by atoms with Crippen LogP contribution in [0.1, 0.15) is 53.4 Å². The van der Waals surface area contributed by atoms with E-state index < -0.39 is 0 Å². The van der Waals surface area contributed by atoms with Crippen LogP contribution in [0.15, 0.2) is 0 Å². The molecule has 0 rings (SSSR count). The second kappa shape index (κ2) is 12.4. The van der Waals surface area contributed by atoms with E-state index in [1.807, 2.05) is 13.8 Å². The average Bonchev–Trinajstić information content (AvgIpc) is 2.47. The third-order valence-corrected chi connectivity index (χ3v) is 3.39. The molecule has 0 heterocycles. The quantitative estimate of drug-likeness (QED) is 0.410. The largest absolute Gasteiger partial charge is 0.469 e. The van der Waals surface area contributed by atoms with Crippen LogP contribution in [-0.2, 0) is 19.1 Å². The highest BCUT2D eigenvalue weighted by atomic mass is 16.5. The van der Waals surface area contributed by atoms with Crippen LogP contribution < -0.4 is 0 Å². The molecular formula is C17H33NO4. The predicted molar refractivity (Wildman–Crippen MR) is 87.6 cm³/mol. The fourth-order valence-electron chi connectivity index (χ4n) is 2.11. The Balaban J connectivity index is 4.33. The van der Waals surface area contributed by atoms with Crippen molar-refractivity contribution in [2.75, 3.05) is 33.4 Å². The molecule has 5 nitrogen and oxygen atoms in total. The van der Waals surface area contributed by atoms with E-state index in [-0.39, 0.29) is 17.8 Å². The van der Waals surface area contributed by atoms with Crippen LogP contribution in [0, 0.1) is 11.8 Å². The molecule has 22 heavy (non-hydrogen) atoms. The van der Waals surface area contributed by atoms with Gasteiger partial charge in [-0.3, -0.25) is 9.59 Å². The van der Waals surface area contributed by atoms with Gasteiger partial charge in [-0.25, -0.2) is 0 Å². The molecule has 0 fully saturated rings. The van der Waals surface area contributed by atoms with E-state index in [2.05, 4.69) is 6.92 Å². The number of rotatable bonds is 12. The fourth-order valence-corrected chi connectivity index (χ4v) is 2.11. The molecule has 0 aliphatic carbocycles. The van der Waals surface area contributed by atoms with Gasteiger partial charge in [0.2, 0.25) is 5.91 Å². The van der Waals surface area contributed by atoms with Gasteiger partial charge in [-0.05, 0) is 18.8 Å². The number of amides is 1. The van der Waals surface area contributed by atoms with Gasteiger partial charge in [0.05, 0.1) is 13.0 Å². The summed E-state index contributed by atoms with van der Waals surface area (Å²) in [7, 11) is 1.38. The lowest BCUT2D eigenvalue weighted by Crippen LogP contribution is -2.38. The lowest BCUT2D eigenvalue weighted by Gasteiger charge is -2.26. The highest BCUT2D eigenvalue weighted by Gasteiger charge is 2.21. The van der Waals surface area contributed by atoms with Crippen molar-refractivity contribution in [1.29, 1.82) is 0 Å². The maximum Gasteiger partial charge on any atom is 0.310 e. The molecule has 0 aromatic carbocycles. The van der Waals surface area contributed by atoms with Gasteiger partial charge in [-0.1, -0.05) is 34.1 Å².